The molecule has 362 valence electrons. The van der Waals surface area contributed by atoms with Gasteiger partial charge in [-0.05, 0) is 0 Å². The molecule has 0 unspecified atom stereocenters. The lowest BCUT2D eigenvalue weighted by molar-refractivity contribution is -0.167. The Kier molecular flexibility index (Phi) is 10.8. The molecule has 8 rings (SSSR count). The smallest absolute Gasteiger partial charge is 0.239 e. The van der Waals surface area contributed by atoms with E-state index in [0.29, 0.717) is 10.8 Å². The van der Waals surface area contributed by atoms with Gasteiger partial charge in [0.15, 0.2) is 45.6 Å². The molecular weight excluding hydrogens is 1080 g/mol. The largest absolute Gasteiger partial charge is 0.435 e. The molecule has 0 aliphatic rings. The Morgan fingerprint density at radius 2 is 0.412 bits per heavy atom. The summed E-state index contributed by atoms with van der Waals surface area (Å²) in [5.74, 6) is 0. The van der Waals surface area contributed by atoms with Gasteiger partial charge in [-0.15, -0.1) is 45.3 Å². The van der Waals surface area contributed by atoms with Crippen molar-refractivity contribution in [2.45, 2.75) is 49.4 Å². The van der Waals surface area contributed by atoms with Crippen LogP contribution in [0.4, 0.5) is 105 Å². The first-order valence-corrected chi connectivity index (χ1v) is 20.0. The van der Waals surface area contributed by atoms with Crippen LogP contribution >= 0.6 is 45.3 Å². The summed E-state index contributed by atoms with van der Waals surface area (Å²) < 4.78 is 338. The van der Waals surface area contributed by atoms with Crippen molar-refractivity contribution in [3.8, 4) is 29.3 Å². The first-order chi connectivity index (χ1) is 30.8. The summed E-state index contributed by atoms with van der Waals surface area (Å²) in [5.41, 5.74) is -33.1. The van der Waals surface area contributed by atoms with Gasteiger partial charge in [0.25, 0.3) is 0 Å². The summed E-state index contributed by atoms with van der Waals surface area (Å²) in [6.45, 7) is 0. The zero-order valence-electron chi connectivity index (χ0n) is 30.4. The molecule has 68 heavy (non-hydrogen) atoms. The van der Waals surface area contributed by atoms with E-state index in [1.807, 2.05) is 0 Å². The van der Waals surface area contributed by atoms with Crippen molar-refractivity contribution in [2.75, 3.05) is 0 Å². The number of nitrogens with zero attached hydrogens (tertiary/aromatic N) is 8. The molecule has 36 heteroatoms. The highest BCUT2D eigenvalue weighted by Gasteiger charge is 2.51. The predicted molar refractivity (Wildman–Crippen MR) is 187 cm³/mol. The molecular formula is C32H2F24N8S4. The normalized spacial score (nSPS) is 14.2. The highest BCUT2D eigenvalue weighted by molar-refractivity contribution is 7.30. The fourth-order valence-corrected chi connectivity index (χ4v) is 10.8. The van der Waals surface area contributed by atoms with E-state index in [9.17, 15) is 105 Å². The minimum Gasteiger partial charge on any atom is -0.239 e. The van der Waals surface area contributed by atoms with Crippen molar-refractivity contribution in [1.29, 1.82) is 0 Å². The summed E-state index contributed by atoms with van der Waals surface area (Å²) in [4.78, 5) is 17.0. The summed E-state index contributed by atoms with van der Waals surface area (Å²) in [6, 6.07) is 0. The summed E-state index contributed by atoms with van der Waals surface area (Å²) in [5, 5.41) is 1.06. The number of hydrogen-bond donors (Lipinski definition) is 0. The zero-order chi connectivity index (χ0) is 50.6. The van der Waals surface area contributed by atoms with Crippen LogP contribution in [-0.2, 0) is 49.4 Å². The number of alkyl halides is 24. The second kappa shape index (κ2) is 15.0. The lowest BCUT2D eigenvalue weighted by atomic mass is 10.2. The third kappa shape index (κ3) is 8.31. The van der Waals surface area contributed by atoms with Gasteiger partial charge < -0.3 is 0 Å². The van der Waals surface area contributed by atoms with E-state index in [2.05, 4.69) is 39.9 Å². The Balaban J connectivity index is 1.55. The quantitative estimate of drug-likeness (QED) is 0.161. The topological polar surface area (TPSA) is 103 Å². The second-order valence-electron chi connectivity index (χ2n) is 13.2. The Bertz CT molecular complexity index is 3130. The van der Waals surface area contributed by atoms with Gasteiger partial charge in [-0.1, -0.05) is 0 Å². The van der Waals surface area contributed by atoms with Gasteiger partial charge in [-0.25, -0.2) is 39.9 Å². The van der Waals surface area contributed by atoms with E-state index in [-0.39, 0.29) is 45.3 Å². The number of thiophene rings is 4. The number of aromatic nitrogens is 8. The maximum absolute atomic E-state index is 14.3. The van der Waals surface area contributed by atoms with Gasteiger partial charge >= 0.3 is 49.4 Å². The van der Waals surface area contributed by atoms with Crippen LogP contribution in [0.15, 0.2) is 10.8 Å². The van der Waals surface area contributed by atoms with E-state index >= 15 is 0 Å². The number of hydrogen-bond acceptors (Lipinski definition) is 12. The summed E-state index contributed by atoms with van der Waals surface area (Å²) in [6.07, 6.45) is -48.4. The predicted octanol–water partition coefficient (Wildman–Crippen LogP) is 14.9. The molecule has 8 heterocycles. The molecule has 0 saturated heterocycles. The molecule has 0 aromatic carbocycles. The van der Waals surface area contributed by atoms with Crippen molar-refractivity contribution < 1.29 is 105 Å². The van der Waals surface area contributed by atoms with Gasteiger partial charge in [0, 0.05) is 10.8 Å². The Hall–Kier alpha value is -5.52. The van der Waals surface area contributed by atoms with E-state index in [1.54, 1.807) is 0 Å². The van der Waals surface area contributed by atoms with Crippen LogP contribution in [0, 0.1) is 0 Å². The van der Waals surface area contributed by atoms with Crippen molar-refractivity contribution in [1.82, 2.24) is 39.9 Å². The van der Waals surface area contributed by atoms with E-state index in [0.717, 1.165) is 0 Å². The molecule has 0 N–H and O–H groups in total. The van der Waals surface area contributed by atoms with E-state index in [1.165, 1.54) is 0 Å². The third-order valence-electron chi connectivity index (χ3n) is 8.68. The molecule has 0 bridgehead atoms. The van der Waals surface area contributed by atoms with Crippen LogP contribution in [0.3, 0.4) is 0 Å². The number of halogens is 24. The van der Waals surface area contributed by atoms with Gasteiger partial charge in [0.05, 0.1) is 29.3 Å². The van der Waals surface area contributed by atoms with Crippen LogP contribution in [-0.4, -0.2) is 39.9 Å². The van der Waals surface area contributed by atoms with Crippen molar-refractivity contribution in [3.63, 3.8) is 0 Å². The average Bonchev–Trinajstić information content (AvgIpc) is 3.95. The molecule has 0 spiro atoms. The number of fused-ring (bicyclic) bond motifs is 4. The van der Waals surface area contributed by atoms with Crippen molar-refractivity contribution in [3.05, 3.63) is 56.3 Å². The Morgan fingerprint density at radius 3 is 0.618 bits per heavy atom. The monoisotopic (exact) mass is 1080 g/mol. The van der Waals surface area contributed by atoms with Gasteiger partial charge in [-0.2, -0.15) is 105 Å². The van der Waals surface area contributed by atoms with Gasteiger partial charge in [0.1, 0.15) is 44.1 Å². The van der Waals surface area contributed by atoms with E-state index < -0.39 is 168 Å². The molecule has 0 atom stereocenters. The van der Waals surface area contributed by atoms with Crippen molar-refractivity contribution in [2.24, 2.45) is 0 Å². The fraction of sp³-hybridized carbons (Fsp3) is 0.250. The first-order valence-electron chi connectivity index (χ1n) is 16.6. The fourth-order valence-electron chi connectivity index (χ4n) is 6.16. The lowest BCUT2D eigenvalue weighted by Crippen LogP contribution is -2.21. The van der Waals surface area contributed by atoms with Crippen LogP contribution in [0.25, 0.3) is 73.4 Å². The summed E-state index contributed by atoms with van der Waals surface area (Å²) >= 11 is -0.471. The highest BCUT2D eigenvalue weighted by atomic mass is 32.1. The highest BCUT2D eigenvalue weighted by Crippen LogP contribution is 2.56. The molecule has 0 saturated carbocycles. The van der Waals surface area contributed by atoms with Crippen LogP contribution < -0.4 is 0 Å². The Labute approximate surface area is 369 Å². The van der Waals surface area contributed by atoms with Gasteiger partial charge in [0.2, 0.25) is 0 Å². The van der Waals surface area contributed by atoms with Gasteiger partial charge in [-0.3, -0.25) is 0 Å². The number of rotatable bonds is 3. The first kappa shape index (κ1) is 48.9. The molecule has 8 aromatic rings. The van der Waals surface area contributed by atoms with Crippen molar-refractivity contribution >= 4 is 89.5 Å². The van der Waals surface area contributed by atoms with E-state index in [4.69, 9.17) is 0 Å². The second-order valence-corrected chi connectivity index (χ2v) is 17.0. The third-order valence-corrected chi connectivity index (χ3v) is 13.4. The molecule has 8 nitrogen and oxygen atoms in total. The minimum absolute atomic E-state index is 0.0215. The molecule has 0 aliphatic heterocycles. The molecule has 0 amide bonds. The van der Waals surface area contributed by atoms with Crippen LogP contribution in [0.5, 0.6) is 0 Å². The van der Waals surface area contributed by atoms with Crippen LogP contribution in [0.2, 0.25) is 0 Å². The Morgan fingerprint density at radius 1 is 0.235 bits per heavy atom. The average molecular weight is 1080 g/mol. The molecule has 0 aliphatic carbocycles. The lowest BCUT2D eigenvalue weighted by Gasteiger charge is -2.14. The SMILES string of the molecule is FC(F)(F)c1nc2csc(-c3sc(-c4sc(-c5scc6nc(C(F)(F)F)c(C(F)(F)F)nc56)c5nc(C(F)(F)F)c(C(F)(F)F)nc45)c4nc(C(F)(F)F)c(C(F)(F)F)nc34)c2nc1C(F)(F)F. The molecule has 0 fully saturated rings. The minimum atomic E-state index is -6.17. The van der Waals surface area contributed by atoms with Crippen LogP contribution in [0.1, 0.15) is 45.6 Å². The maximum atomic E-state index is 14.3. The standard InChI is InChI=1S/C32H2F24N8S4/c33-25(34,35)17-19(27(39,40)41)59-5-3(57-17)1-65-11(5)13-7-9(63-23(31(51,52)53)21(61-7)29(45,46)47)15(67-13)16-10-8(62-22(30(48,49)50)24(64-10)32(54,55)56)14(68-16)12-6-4(2-66-12)58-18(26(36,37)38)20(60-6)28(42,43)44/h1-2H. The molecule has 0 radical (unpaired) electrons. The zero-order valence-corrected chi connectivity index (χ0v) is 33.7. The molecule has 8 aromatic heterocycles. The summed E-state index contributed by atoms with van der Waals surface area (Å²) in [7, 11) is 0. The maximum Gasteiger partial charge on any atom is 0.435 e.